The van der Waals surface area contributed by atoms with Crippen LogP contribution >= 0.6 is 11.6 Å². The predicted molar refractivity (Wildman–Crippen MR) is 68.2 cm³/mol. The number of ether oxygens (including phenoxy) is 2. The highest BCUT2D eigenvalue weighted by molar-refractivity contribution is 6.18. The Morgan fingerprint density at radius 2 is 1.94 bits per heavy atom. The molecule has 0 radical (unpaired) electrons. The van der Waals surface area contributed by atoms with Crippen LogP contribution < -0.4 is 0 Å². The molecule has 2 atom stereocenters. The van der Waals surface area contributed by atoms with Gasteiger partial charge in [0, 0.05) is 5.56 Å². The van der Waals surface area contributed by atoms with Gasteiger partial charge in [-0.1, -0.05) is 36.4 Å². The third-order valence-corrected chi connectivity index (χ3v) is 3.31. The summed E-state index contributed by atoms with van der Waals surface area (Å²) < 4.78 is 11.3. The molecular formula is C14H13ClO2. The number of rotatable bonds is 2. The largest absolute Gasteiger partial charge is 0.346 e. The van der Waals surface area contributed by atoms with E-state index in [1.807, 2.05) is 18.2 Å². The Labute approximate surface area is 105 Å². The Morgan fingerprint density at radius 1 is 1.12 bits per heavy atom. The van der Waals surface area contributed by atoms with E-state index in [1.165, 1.54) is 10.8 Å². The lowest BCUT2D eigenvalue weighted by Gasteiger charge is -2.11. The van der Waals surface area contributed by atoms with Crippen molar-refractivity contribution < 1.29 is 9.47 Å². The van der Waals surface area contributed by atoms with Gasteiger partial charge in [0.15, 0.2) is 6.29 Å². The number of fused-ring (bicyclic) bond motifs is 1. The molecule has 1 aliphatic rings. The molecule has 0 bridgehead atoms. The molecule has 1 fully saturated rings. The average Bonchev–Trinajstić information content (AvgIpc) is 2.87. The average molecular weight is 249 g/mol. The summed E-state index contributed by atoms with van der Waals surface area (Å²) in [6, 6.07) is 14.5. The van der Waals surface area contributed by atoms with Crippen LogP contribution in [0.1, 0.15) is 11.9 Å². The second-order valence-corrected chi connectivity index (χ2v) is 4.49. The van der Waals surface area contributed by atoms with Gasteiger partial charge in [0.25, 0.3) is 0 Å². The van der Waals surface area contributed by atoms with E-state index in [0.717, 1.165) is 5.56 Å². The van der Waals surface area contributed by atoms with Crippen molar-refractivity contribution in [3.05, 3.63) is 48.0 Å². The van der Waals surface area contributed by atoms with E-state index < -0.39 is 0 Å². The molecule has 0 saturated carbocycles. The number of benzene rings is 2. The number of halogens is 1. The standard InChI is InChI=1S/C14H13ClO2/c15-8-13-9-16-14(17-13)12-6-5-10-3-1-2-4-11(10)7-12/h1-7,13-14H,8-9H2/t13-,14+/m0/s1. The quantitative estimate of drug-likeness (QED) is 0.758. The molecule has 1 saturated heterocycles. The van der Waals surface area contributed by atoms with Crippen LogP contribution in [-0.4, -0.2) is 18.6 Å². The molecule has 0 unspecified atom stereocenters. The molecule has 0 spiro atoms. The Balaban J connectivity index is 1.91. The van der Waals surface area contributed by atoms with Crippen LogP contribution in [0.4, 0.5) is 0 Å². The molecule has 0 amide bonds. The van der Waals surface area contributed by atoms with Crippen molar-refractivity contribution >= 4 is 22.4 Å². The van der Waals surface area contributed by atoms with Crippen LogP contribution in [-0.2, 0) is 9.47 Å². The first kappa shape index (κ1) is 11.0. The minimum atomic E-state index is -0.275. The summed E-state index contributed by atoms with van der Waals surface area (Å²) in [4.78, 5) is 0. The molecule has 0 aliphatic carbocycles. The number of alkyl halides is 1. The molecule has 0 N–H and O–H groups in total. The lowest BCUT2D eigenvalue weighted by molar-refractivity contribution is -0.0566. The monoisotopic (exact) mass is 248 g/mol. The smallest absolute Gasteiger partial charge is 0.184 e. The molecule has 3 rings (SSSR count). The number of hydrogen-bond donors (Lipinski definition) is 0. The van der Waals surface area contributed by atoms with Crippen molar-refractivity contribution in [3.8, 4) is 0 Å². The highest BCUT2D eigenvalue weighted by Gasteiger charge is 2.26. The topological polar surface area (TPSA) is 18.5 Å². The maximum Gasteiger partial charge on any atom is 0.184 e. The molecule has 1 heterocycles. The summed E-state index contributed by atoms with van der Waals surface area (Å²) in [5, 5.41) is 2.43. The highest BCUT2D eigenvalue weighted by atomic mass is 35.5. The fraction of sp³-hybridized carbons (Fsp3) is 0.286. The molecule has 2 aromatic rings. The Bertz CT molecular complexity index is 526. The fourth-order valence-electron chi connectivity index (χ4n) is 2.06. The van der Waals surface area contributed by atoms with Gasteiger partial charge in [-0.15, -0.1) is 11.6 Å². The van der Waals surface area contributed by atoms with E-state index in [4.69, 9.17) is 21.1 Å². The van der Waals surface area contributed by atoms with E-state index >= 15 is 0 Å². The molecule has 0 aromatic heterocycles. The SMILES string of the molecule is ClC[C@H]1CO[C@@H](c2ccc3ccccc3c2)O1. The summed E-state index contributed by atoms with van der Waals surface area (Å²) >= 11 is 5.75. The van der Waals surface area contributed by atoms with E-state index in [-0.39, 0.29) is 12.4 Å². The molecule has 88 valence electrons. The molecule has 3 heteroatoms. The normalized spacial score (nSPS) is 24.3. The summed E-state index contributed by atoms with van der Waals surface area (Å²) in [6.45, 7) is 0.570. The first-order valence-electron chi connectivity index (χ1n) is 5.68. The molecular weight excluding hydrogens is 236 g/mol. The molecule has 2 aromatic carbocycles. The minimum Gasteiger partial charge on any atom is -0.346 e. The lowest BCUT2D eigenvalue weighted by atomic mass is 10.1. The second kappa shape index (κ2) is 4.65. The van der Waals surface area contributed by atoms with E-state index in [1.54, 1.807) is 0 Å². The van der Waals surface area contributed by atoms with Crippen molar-refractivity contribution in [2.24, 2.45) is 0 Å². The van der Waals surface area contributed by atoms with Crippen LogP contribution in [0, 0.1) is 0 Å². The summed E-state index contributed by atoms with van der Waals surface area (Å²) in [6.07, 6.45) is -0.267. The maximum atomic E-state index is 5.75. The van der Waals surface area contributed by atoms with Gasteiger partial charge in [0.05, 0.1) is 18.6 Å². The van der Waals surface area contributed by atoms with Crippen molar-refractivity contribution in [2.45, 2.75) is 12.4 Å². The van der Waals surface area contributed by atoms with Crippen LogP contribution in [0.5, 0.6) is 0 Å². The van der Waals surface area contributed by atoms with E-state index in [0.29, 0.717) is 12.5 Å². The maximum absolute atomic E-state index is 5.75. The van der Waals surface area contributed by atoms with Gasteiger partial charge < -0.3 is 9.47 Å². The second-order valence-electron chi connectivity index (χ2n) is 4.18. The summed E-state index contributed by atoms with van der Waals surface area (Å²) in [7, 11) is 0. The fourth-order valence-corrected chi connectivity index (χ4v) is 2.22. The van der Waals surface area contributed by atoms with E-state index in [9.17, 15) is 0 Å². The van der Waals surface area contributed by atoms with Gasteiger partial charge in [-0.3, -0.25) is 0 Å². The van der Waals surface area contributed by atoms with Crippen LogP contribution in [0.25, 0.3) is 10.8 Å². The minimum absolute atomic E-state index is 0.00753. The molecule has 2 nitrogen and oxygen atoms in total. The third kappa shape index (κ3) is 2.16. The van der Waals surface area contributed by atoms with E-state index in [2.05, 4.69) is 24.3 Å². The van der Waals surface area contributed by atoms with Crippen molar-refractivity contribution in [3.63, 3.8) is 0 Å². The van der Waals surface area contributed by atoms with Gasteiger partial charge in [0.2, 0.25) is 0 Å². The highest BCUT2D eigenvalue weighted by Crippen LogP contribution is 2.29. The lowest BCUT2D eigenvalue weighted by Crippen LogP contribution is -2.10. The van der Waals surface area contributed by atoms with Crippen LogP contribution in [0.15, 0.2) is 42.5 Å². The van der Waals surface area contributed by atoms with Gasteiger partial charge in [-0.2, -0.15) is 0 Å². The first-order valence-corrected chi connectivity index (χ1v) is 6.22. The van der Waals surface area contributed by atoms with Gasteiger partial charge in [0.1, 0.15) is 0 Å². The zero-order valence-corrected chi connectivity index (χ0v) is 10.1. The van der Waals surface area contributed by atoms with Gasteiger partial charge in [-0.25, -0.2) is 0 Å². The predicted octanol–water partition coefficient (Wildman–Crippen LogP) is 3.49. The molecule has 17 heavy (non-hydrogen) atoms. The zero-order chi connectivity index (χ0) is 11.7. The van der Waals surface area contributed by atoms with Crippen LogP contribution in [0.3, 0.4) is 0 Å². The number of hydrogen-bond acceptors (Lipinski definition) is 2. The third-order valence-electron chi connectivity index (χ3n) is 2.97. The van der Waals surface area contributed by atoms with Gasteiger partial charge in [-0.05, 0) is 16.8 Å². The van der Waals surface area contributed by atoms with Crippen molar-refractivity contribution in [2.75, 3.05) is 12.5 Å². The van der Waals surface area contributed by atoms with Crippen molar-refractivity contribution in [1.82, 2.24) is 0 Å². The summed E-state index contributed by atoms with van der Waals surface area (Å²) in [5.74, 6) is 0.476. The van der Waals surface area contributed by atoms with Crippen molar-refractivity contribution in [1.29, 1.82) is 0 Å². The van der Waals surface area contributed by atoms with Gasteiger partial charge >= 0.3 is 0 Å². The van der Waals surface area contributed by atoms with Crippen LogP contribution in [0.2, 0.25) is 0 Å². The first-order chi connectivity index (χ1) is 8.36. The Hall–Kier alpha value is -1.09. The summed E-state index contributed by atoms with van der Waals surface area (Å²) in [5.41, 5.74) is 1.05. The zero-order valence-electron chi connectivity index (χ0n) is 9.30. The Morgan fingerprint density at radius 3 is 2.71 bits per heavy atom. The molecule has 1 aliphatic heterocycles. The Kier molecular flexibility index (Phi) is 3.02.